The molecule has 1 atom stereocenters. The highest BCUT2D eigenvalue weighted by atomic mass is 16.5. The Morgan fingerprint density at radius 2 is 1.78 bits per heavy atom. The summed E-state index contributed by atoms with van der Waals surface area (Å²) in [5, 5.41) is 8.64. The van der Waals surface area contributed by atoms with Crippen LogP contribution in [0.15, 0.2) is 0 Å². The molecule has 0 aliphatic rings. The van der Waals surface area contributed by atoms with Gasteiger partial charge in [0, 0.05) is 0 Å². The van der Waals surface area contributed by atoms with Gasteiger partial charge in [-0.2, -0.15) is 0 Å². The molecule has 0 amide bonds. The molecular weight excluding hydrogens is 226 g/mol. The van der Waals surface area contributed by atoms with Gasteiger partial charge in [-0.15, -0.1) is 0 Å². The molecule has 106 valence electrons. The topological polar surface area (TPSA) is 32.7 Å². The predicted molar refractivity (Wildman–Crippen MR) is 76.5 cm³/mol. The van der Waals surface area contributed by atoms with Crippen LogP contribution in [0.2, 0.25) is 0 Å². The molecule has 0 aromatic heterocycles. The summed E-state index contributed by atoms with van der Waals surface area (Å²) < 4.78 is 5.29. The van der Waals surface area contributed by atoms with E-state index in [1.807, 2.05) is 6.92 Å². The summed E-state index contributed by atoms with van der Waals surface area (Å²) in [6, 6.07) is 0. The Bertz CT molecular complexity index is 224. The SMILES string of the molecule is CCCCN(CC#CC(C)OCCO)CCCC. The van der Waals surface area contributed by atoms with Crippen LogP contribution >= 0.6 is 0 Å². The number of unbranched alkanes of at least 4 members (excludes halogenated alkanes) is 2. The lowest BCUT2D eigenvalue weighted by Crippen LogP contribution is -2.26. The van der Waals surface area contributed by atoms with Gasteiger partial charge in [-0.1, -0.05) is 38.5 Å². The Morgan fingerprint density at radius 1 is 1.17 bits per heavy atom. The molecular formula is C15H29NO2. The Labute approximate surface area is 113 Å². The Kier molecular flexibility index (Phi) is 12.5. The van der Waals surface area contributed by atoms with Crippen molar-refractivity contribution in [1.29, 1.82) is 0 Å². The van der Waals surface area contributed by atoms with Gasteiger partial charge in [0.25, 0.3) is 0 Å². The van der Waals surface area contributed by atoms with Crippen molar-refractivity contribution in [2.24, 2.45) is 0 Å². The van der Waals surface area contributed by atoms with E-state index in [1.54, 1.807) is 0 Å². The Balaban J connectivity index is 3.94. The molecule has 0 saturated carbocycles. The zero-order valence-electron chi connectivity index (χ0n) is 12.2. The fourth-order valence-electron chi connectivity index (χ4n) is 1.61. The second kappa shape index (κ2) is 12.9. The van der Waals surface area contributed by atoms with E-state index >= 15 is 0 Å². The van der Waals surface area contributed by atoms with Crippen molar-refractivity contribution in [1.82, 2.24) is 4.90 Å². The van der Waals surface area contributed by atoms with Crippen molar-refractivity contribution in [3.63, 3.8) is 0 Å². The van der Waals surface area contributed by atoms with Gasteiger partial charge in [-0.05, 0) is 32.9 Å². The maximum Gasteiger partial charge on any atom is 0.115 e. The van der Waals surface area contributed by atoms with E-state index in [0.29, 0.717) is 6.61 Å². The van der Waals surface area contributed by atoms with E-state index in [4.69, 9.17) is 9.84 Å². The normalized spacial score (nSPS) is 12.3. The summed E-state index contributed by atoms with van der Waals surface area (Å²) in [6.45, 7) is 9.88. The van der Waals surface area contributed by atoms with Gasteiger partial charge in [0.1, 0.15) is 6.10 Å². The first-order valence-corrected chi connectivity index (χ1v) is 7.17. The van der Waals surface area contributed by atoms with Crippen molar-refractivity contribution in [3.05, 3.63) is 0 Å². The summed E-state index contributed by atoms with van der Waals surface area (Å²) in [6.07, 6.45) is 4.85. The Morgan fingerprint density at radius 3 is 2.28 bits per heavy atom. The number of ether oxygens (including phenoxy) is 1. The first-order valence-electron chi connectivity index (χ1n) is 7.17. The van der Waals surface area contributed by atoms with Gasteiger partial charge in [0.15, 0.2) is 0 Å². The zero-order valence-corrected chi connectivity index (χ0v) is 12.2. The average molecular weight is 255 g/mol. The summed E-state index contributed by atoms with van der Waals surface area (Å²) in [5.41, 5.74) is 0. The summed E-state index contributed by atoms with van der Waals surface area (Å²) in [4.78, 5) is 2.42. The molecule has 0 aliphatic carbocycles. The maximum absolute atomic E-state index is 8.64. The number of hydrogen-bond donors (Lipinski definition) is 1. The summed E-state index contributed by atoms with van der Waals surface area (Å²) in [7, 11) is 0. The van der Waals surface area contributed by atoms with Crippen LogP contribution in [0.4, 0.5) is 0 Å². The van der Waals surface area contributed by atoms with Crippen LogP contribution in [0.3, 0.4) is 0 Å². The molecule has 0 spiro atoms. The van der Waals surface area contributed by atoms with Crippen LogP contribution in [-0.2, 0) is 4.74 Å². The molecule has 0 saturated heterocycles. The number of aliphatic hydroxyl groups excluding tert-OH is 1. The molecule has 0 bridgehead atoms. The standard InChI is InChI=1S/C15H29NO2/c1-4-6-10-16(11-7-5-2)12-8-9-15(3)18-14-13-17/h15,17H,4-7,10-14H2,1-3H3. The average Bonchev–Trinajstić information content (AvgIpc) is 2.38. The van der Waals surface area contributed by atoms with E-state index in [0.717, 1.165) is 19.6 Å². The lowest BCUT2D eigenvalue weighted by atomic mass is 10.2. The quantitative estimate of drug-likeness (QED) is 0.608. The molecule has 0 aliphatic heterocycles. The molecule has 1 N–H and O–H groups in total. The molecule has 3 heteroatoms. The molecule has 0 heterocycles. The van der Waals surface area contributed by atoms with Crippen LogP contribution in [0, 0.1) is 11.8 Å². The van der Waals surface area contributed by atoms with E-state index in [2.05, 4.69) is 30.6 Å². The smallest absolute Gasteiger partial charge is 0.115 e. The van der Waals surface area contributed by atoms with Gasteiger partial charge in [-0.3, -0.25) is 4.90 Å². The fraction of sp³-hybridized carbons (Fsp3) is 0.867. The first-order chi connectivity index (χ1) is 8.74. The lowest BCUT2D eigenvalue weighted by molar-refractivity contribution is 0.0687. The predicted octanol–water partition coefficient (Wildman–Crippen LogP) is 2.29. The molecule has 0 rings (SSSR count). The van der Waals surface area contributed by atoms with Crippen LogP contribution in [0.1, 0.15) is 46.5 Å². The van der Waals surface area contributed by atoms with E-state index in [9.17, 15) is 0 Å². The second-order valence-corrected chi connectivity index (χ2v) is 4.54. The van der Waals surface area contributed by atoms with Crippen molar-refractivity contribution >= 4 is 0 Å². The first kappa shape index (κ1) is 17.4. The second-order valence-electron chi connectivity index (χ2n) is 4.54. The molecule has 3 nitrogen and oxygen atoms in total. The molecule has 0 aromatic rings. The number of hydrogen-bond acceptors (Lipinski definition) is 3. The number of aliphatic hydroxyl groups is 1. The maximum atomic E-state index is 8.64. The highest BCUT2D eigenvalue weighted by Gasteiger charge is 2.01. The number of rotatable bonds is 10. The fourth-order valence-corrected chi connectivity index (χ4v) is 1.61. The molecule has 18 heavy (non-hydrogen) atoms. The van der Waals surface area contributed by atoms with Gasteiger partial charge in [0.05, 0.1) is 19.8 Å². The van der Waals surface area contributed by atoms with Gasteiger partial charge in [-0.25, -0.2) is 0 Å². The summed E-state index contributed by atoms with van der Waals surface area (Å²) in [5.74, 6) is 6.26. The minimum Gasteiger partial charge on any atom is -0.394 e. The highest BCUT2D eigenvalue weighted by Crippen LogP contribution is 1.98. The van der Waals surface area contributed by atoms with Crippen LogP contribution < -0.4 is 0 Å². The monoisotopic (exact) mass is 255 g/mol. The van der Waals surface area contributed by atoms with Crippen molar-refractivity contribution in [3.8, 4) is 11.8 Å². The van der Waals surface area contributed by atoms with E-state index in [-0.39, 0.29) is 12.7 Å². The third-order valence-corrected chi connectivity index (χ3v) is 2.72. The molecule has 1 unspecified atom stereocenters. The Hall–Kier alpha value is -0.560. The third-order valence-electron chi connectivity index (χ3n) is 2.72. The van der Waals surface area contributed by atoms with Crippen LogP contribution in [-0.4, -0.2) is 49.0 Å². The zero-order chi connectivity index (χ0) is 13.6. The molecule has 0 radical (unpaired) electrons. The van der Waals surface area contributed by atoms with Crippen molar-refractivity contribution in [2.45, 2.75) is 52.6 Å². The summed E-state index contributed by atoms with van der Waals surface area (Å²) >= 11 is 0. The largest absolute Gasteiger partial charge is 0.394 e. The molecule has 0 fully saturated rings. The van der Waals surface area contributed by atoms with Crippen molar-refractivity contribution in [2.75, 3.05) is 32.8 Å². The van der Waals surface area contributed by atoms with Crippen LogP contribution in [0.25, 0.3) is 0 Å². The van der Waals surface area contributed by atoms with E-state index < -0.39 is 0 Å². The van der Waals surface area contributed by atoms with Gasteiger partial charge in [0.2, 0.25) is 0 Å². The lowest BCUT2D eigenvalue weighted by Gasteiger charge is -2.18. The third kappa shape index (κ3) is 10.6. The molecule has 0 aromatic carbocycles. The minimum atomic E-state index is -0.0867. The number of nitrogens with zero attached hydrogens (tertiary/aromatic N) is 1. The van der Waals surface area contributed by atoms with Gasteiger partial charge < -0.3 is 9.84 Å². The van der Waals surface area contributed by atoms with Crippen molar-refractivity contribution < 1.29 is 9.84 Å². The minimum absolute atomic E-state index is 0.0607. The van der Waals surface area contributed by atoms with E-state index in [1.165, 1.54) is 25.7 Å². The highest BCUT2D eigenvalue weighted by molar-refractivity contribution is 5.05. The van der Waals surface area contributed by atoms with Gasteiger partial charge >= 0.3 is 0 Å². The van der Waals surface area contributed by atoms with Crippen LogP contribution in [0.5, 0.6) is 0 Å².